The fourth-order valence-electron chi connectivity index (χ4n) is 2.35. The standard InChI is InChI=1S/C16H16ClNO2.C9H9ClO2/c1-12-2-4-13(5-3-12)10-18-16(19)11-20-15-8-6-14(17)7-9-15;1-7(11)6-12-9-4-2-8(10)3-5-9/h2-9H,10-11H2,1H3,(H,18,19);2-5H,6H2,1H3. The molecule has 0 spiro atoms. The van der Waals surface area contributed by atoms with Crippen LogP contribution in [0.1, 0.15) is 18.1 Å². The highest BCUT2D eigenvalue weighted by Crippen LogP contribution is 2.16. The van der Waals surface area contributed by atoms with Gasteiger partial charge in [0.1, 0.15) is 18.1 Å². The van der Waals surface area contributed by atoms with Crippen LogP contribution in [0.4, 0.5) is 0 Å². The van der Waals surface area contributed by atoms with Crippen LogP contribution in [0.5, 0.6) is 11.5 Å². The molecule has 0 heterocycles. The Morgan fingerprint density at radius 2 is 1.22 bits per heavy atom. The average Bonchev–Trinajstić information content (AvgIpc) is 2.78. The molecule has 7 heteroatoms. The zero-order valence-electron chi connectivity index (χ0n) is 17.9. The van der Waals surface area contributed by atoms with Crippen LogP contribution in [0.3, 0.4) is 0 Å². The van der Waals surface area contributed by atoms with Gasteiger partial charge in [-0.15, -0.1) is 0 Å². The first-order chi connectivity index (χ1) is 15.3. The maximum absolute atomic E-state index is 11.7. The van der Waals surface area contributed by atoms with Crippen molar-refractivity contribution in [3.8, 4) is 11.5 Å². The second-order valence-corrected chi connectivity index (χ2v) is 7.82. The molecule has 168 valence electrons. The first kappa shape index (κ1) is 25.2. The summed E-state index contributed by atoms with van der Waals surface area (Å²) in [4.78, 5) is 22.2. The lowest BCUT2D eigenvalue weighted by Gasteiger charge is -2.08. The van der Waals surface area contributed by atoms with Crippen LogP contribution in [-0.2, 0) is 16.1 Å². The van der Waals surface area contributed by atoms with Crippen LogP contribution in [0, 0.1) is 6.92 Å². The lowest BCUT2D eigenvalue weighted by atomic mass is 10.1. The Balaban J connectivity index is 0.000000258. The number of benzene rings is 3. The summed E-state index contributed by atoms with van der Waals surface area (Å²) in [7, 11) is 0. The number of rotatable bonds is 8. The van der Waals surface area contributed by atoms with E-state index in [1.54, 1.807) is 48.5 Å². The number of hydrogen-bond acceptors (Lipinski definition) is 4. The molecule has 1 amide bonds. The van der Waals surface area contributed by atoms with E-state index in [-0.39, 0.29) is 24.9 Å². The number of ketones is 1. The van der Waals surface area contributed by atoms with Crippen molar-refractivity contribution in [1.82, 2.24) is 5.32 Å². The number of ether oxygens (including phenoxy) is 2. The molecule has 3 aromatic rings. The van der Waals surface area contributed by atoms with Gasteiger partial charge in [0.25, 0.3) is 5.91 Å². The third-order valence-electron chi connectivity index (χ3n) is 4.05. The highest BCUT2D eigenvalue weighted by Gasteiger charge is 2.03. The summed E-state index contributed by atoms with van der Waals surface area (Å²) in [5.74, 6) is 1.14. The average molecular weight is 474 g/mol. The van der Waals surface area contributed by atoms with Gasteiger partial charge >= 0.3 is 0 Å². The Kier molecular flexibility index (Phi) is 10.6. The van der Waals surface area contributed by atoms with Crippen molar-refractivity contribution in [2.24, 2.45) is 0 Å². The van der Waals surface area contributed by atoms with Gasteiger partial charge in [-0.3, -0.25) is 9.59 Å². The summed E-state index contributed by atoms with van der Waals surface area (Å²) in [6.45, 7) is 4.12. The molecule has 0 atom stereocenters. The maximum Gasteiger partial charge on any atom is 0.258 e. The molecule has 0 aliphatic rings. The van der Waals surface area contributed by atoms with Crippen molar-refractivity contribution in [3.63, 3.8) is 0 Å². The molecular formula is C25H25Cl2NO4. The van der Waals surface area contributed by atoms with E-state index < -0.39 is 0 Å². The van der Waals surface area contributed by atoms with Crippen LogP contribution in [0.25, 0.3) is 0 Å². The minimum Gasteiger partial charge on any atom is -0.486 e. The van der Waals surface area contributed by atoms with Gasteiger partial charge < -0.3 is 14.8 Å². The van der Waals surface area contributed by atoms with E-state index in [4.69, 9.17) is 32.7 Å². The van der Waals surface area contributed by atoms with Crippen molar-refractivity contribution in [3.05, 3.63) is 94.0 Å². The van der Waals surface area contributed by atoms with E-state index >= 15 is 0 Å². The summed E-state index contributed by atoms with van der Waals surface area (Å²) in [5.41, 5.74) is 2.27. The van der Waals surface area contributed by atoms with Gasteiger partial charge in [0.15, 0.2) is 12.4 Å². The molecule has 0 aliphatic heterocycles. The molecule has 1 N–H and O–H groups in total. The van der Waals surface area contributed by atoms with Crippen molar-refractivity contribution in [2.45, 2.75) is 20.4 Å². The monoisotopic (exact) mass is 473 g/mol. The second-order valence-electron chi connectivity index (χ2n) is 6.95. The van der Waals surface area contributed by atoms with E-state index in [0.717, 1.165) is 5.56 Å². The van der Waals surface area contributed by atoms with Gasteiger partial charge in [-0.2, -0.15) is 0 Å². The van der Waals surface area contributed by atoms with E-state index in [0.29, 0.717) is 28.1 Å². The highest BCUT2D eigenvalue weighted by molar-refractivity contribution is 6.30. The Morgan fingerprint density at radius 1 is 0.750 bits per heavy atom. The predicted octanol–water partition coefficient (Wildman–Crippen LogP) is 5.65. The quantitative estimate of drug-likeness (QED) is 0.458. The Bertz CT molecular complexity index is 936. The molecule has 32 heavy (non-hydrogen) atoms. The Hall–Kier alpha value is -3.02. The van der Waals surface area contributed by atoms with Crippen molar-refractivity contribution < 1.29 is 19.1 Å². The van der Waals surface area contributed by atoms with Gasteiger partial charge in [0, 0.05) is 16.6 Å². The number of Topliss-reactive ketones (excluding diaryl/α,β-unsaturated/α-hetero) is 1. The van der Waals surface area contributed by atoms with Crippen molar-refractivity contribution in [2.75, 3.05) is 13.2 Å². The fourth-order valence-corrected chi connectivity index (χ4v) is 2.61. The molecule has 3 aromatic carbocycles. The molecule has 0 fully saturated rings. The van der Waals surface area contributed by atoms with E-state index in [9.17, 15) is 9.59 Å². The first-order valence-corrected chi connectivity index (χ1v) is 10.7. The molecule has 0 radical (unpaired) electrons. The number of hydrogen-bond donors (Lipinski definition) is 1. The van der Waals surface area contributed by atoms with Crippen LogP contribution in [0.2, 0.25) is 10.0 Å². The third-order valence-corrected chi connectivity index (χ3v) is 4.55. The smallest absolute Gasteiger partial charge is 0.258 e. The maximum atomic E-state index is 11.7. The van der Waals surface area contributed by atoms with Crippen molar-refractivity contribution >= 4 is 34.9 Å². The van der Waals surface area contributed by atoms with Crippen molar-refractivity contribution in [1.29, 1.82) is 0 Å². The molecule has 3 rings (SSSR count). The number of halogens is 2. The summed E-state index contributed by atoms with van der Waals surface area (Å²) in [5, 5.41) is 4.11. The topological polar surface area (TPSA) is 64.6 Å². The zero-order chi connectivity index (χ0) is 23.3. The van der Waals surface area contributed by atoms with Crippen LogP contribution >= 0.6 is 23.2 Å². The number of carbonyl (C=O) groups is 2. The fraction of sp³-hybridized carbons (Fsp3) is 0.200. The lowest BCUT2D eigenvalue weighted by molar-refractivity contribution is -0.123. The van der Waals surface area contributed by atoms with Crippen LogP contribution < -0.4 is 14.8 Å². The third kappa shape index (κ3) is 10.3. The number of carbonyl (C=O) groups excluding carboxylic acids is 2. The van der Waals surface area contributed by atoms with Gasteiger partial charge in [-0.1, -0.05) is 53.0 Å². The summed E-state index contributed by atoms with van der Waals surface area (Å²) >= 11 is 11.4. The molecule has 0 unspecified atom stereocenters. The predicted molar refractivity (Wildman–Crippen MR) is 128 cm³/mol. The normalized spacial score (nSPS) is 9.88. The lowest BCUT2D eigenvalue weighted by Crippen LogP contribution is -2.28. The number of nitrogens with one attached hydrogen (secondary N) is 1. The minimum atomic E-state index is -0.152. The molecule has 5 nitrogen and oxygen atoms in total. The Labute approximate surface area is 198 Å². The van der Waals surface area contributed by atoms with E-state index in [1.807, 2.05) is 31.2 Å². The Morgan fingerprint density at radius 3 is 1.69 bits per heavy atom. The van der Waals surface area contributed by atoms with E-state index in [1.165, 1.54) is 12.5 Å². The largest absolute Gasteiger partial charge is 0.486 e. The van der Waals surface area contributed by atoms with Gasteiger partial charge in [-0.05, 0) is 67.9 Å². The molecule has 0 aliphatic carbocycles. The van der Waals surface area contributed by atoms with Gasteiger partial charge in [0.2, 0.25) is 0 Å². The second kappa shape index (κ2) is 13.4. The van der Waals surface area contributed by atoms with Gasteiger partial charge in [0.05, 0.1) is 0 Å². The molecule has 0 aromatic heterocycles. The van der Waals surface area contributed by atoms with Gasteiger partial charge in [-0.25, -0.2) is 0 Å². The van der Waals surface area contributed by atoms with E-state index in [2.05, 4.69) is 5.32 Å². The minimum absolute atomic E-state index is 0.00458. The summed E-state index contributed by atoms with van der Waals surface area (Å²) in [6, 6.07) is 21.8. The molecule has 0 saturated carbocycles. The molecule has 0 saturated heterocycles. The molecular weight excluding hydrogens is 449 g/mol. The van der Waals surface area contributed by atoms with Crippen LogP contribution in [-0.4, -0.2) is 24.9 Å². The number of aryl methyl sites for hydroxylation is 1. The molecule has 0 bridgehead atoms. The van der Waals surface area contributed by atoms with Crippen LogP contribution in [0.15, 0.2) is 72.8 Å². The zero-order valence-corrected chi connectivity index (χ0v) is 19.5. The summed E-state index contributed by atoms with van der Waals surface area (Å²) < 4.78 is 10.5. The summed E-state index contributed by atoms with van der Waals surface area (Å²) in [6.07, 6.45) is 0. The SMILES string of the molecule is CC(=O)COc1ccc(Cl)cc1.Cc1ccc(CNC(=O)COc2ccc(Cl)cc2)cc1. The highest BCUT2D eigenvalue weighted by atomic mass is 35.5. The first-order valence-electron chi connectivity index (χ1n) is 9.90. The number of amides is 1.